The summed E-state index contributed by atoms with van der Waals surface area (Å²) in [6.45, 7) is 1.88. The molecule has 1 aromatic heterocycles. The predicted molar refractivity (Wildman–Crippen MR) is 84.7 cm³/mol. The van der Waals surface area contributed by atoms with E-state index < -0.39 is 6.10 Å². The number of hydrogen-bond donors (Lipinski definition) is 1. The molecule has 1 atom stereocenters. The summed E-state index contributed by atoms with van der Waals surface area (Å²) in [5.41, 5.74) is 2.32. The molecule has 0 saturated carbocycles. The van der Waals surface area contributed by atoms with E-state index in [9.17, 15) is 9.50 Å². The van der Waals surface area contributed by atoms with Gasteiger partial charge in [0.15, 0.2) is 0 Å². The van der Waals surface area contributed by atoms with E-state index in [-0.39, 0.29) is 5.82 Å². The van der Waals surface area contributed by atoms with Crippen molar-refractivity contribution in [1.29, 1.82) is 0 Å². The average molecular weight is 351 g/mol. The van der Waals surface area contributed by atoms with Gasteiger partial charge in [0.1, 0.15) is 11.9 Å². The van der Waals surface area contributed by atoms with Gasteiger partial charge in [0.2, 0.25) is 0 Å². The van der Waals surface area contributed by atoms with Crippen molar-refractivity contribution < 1.29 is 9.50 Å². The third kappa shape index (κ3) is 2.28. The molecule has 1 heterocycles. The quantitative estimate of drug-likeness (QED) is 0.673. The number of halogens is 2. The van der Waals surface area contributed by atoms with Crippen LogP contribution in [0.3, 0.4) is 0 Å². The topological polar surface area (TPSA) is 20.2 Å². The van der Waals surface area contributed by atoms with Crippen LogP contribution in [0.1, 0.15) is 22.8 Å². The maximum Gasteiger partial charge on any atom is 0.123 e. The molecule has 0 spiro atoms. The van der Waals surface area contributed by atoms with Crippen LogP contribution >= 0.6 is 27.3 Å². The van der Waals surface area contributed by atoms with Crippen LogP contribution in [0.4, 0.5) is 4.39 Å². The van der Waals surface area contributed by atoms with Crippen molar-refractivity contribution in [3.05, 3.63) is 68.8 Å². The second-order valence-corrected chi connectivity index (χ2v) is 6.45. The Morgan fingerprint density at radius 1 is 1.20 bits per heavy atom. The lowest BCUT2D eigenvalue weighted by Crippen LogP contribution is -2.02. The van der Waals surface area contributed by atoms with Crippen LogP contribution in [0, 0.1) is 12.7 Å². The Bertz CT molecular complexity index is 781. The molecule has 0 aliphatic rings. The maximum absolute atomic E-state index is 13.4. The summed E-state index contributed by atoms with van der Waals surface area (Å²) in [6.07, 6.45) is -0.811. The Labute approximate surface area is 128 Å². The van der Waals surface area contributed by atoms with Crippen molar-refractivity contribution >= 4 is 37.4 Å². The fourth-order valence-electron chi connectivity index (χ4n) is 2.33. The highest BCUT2D eigenvalue weighted by Crippen LogP contribution is 2.37. The first-order chi connectivity index (χ1) is 9.58. The molecular weight excluding hydrogens is 339 g/mol. The molecule has 0 aliphatic carbocycles. The number of aryl methyl sites for hydroxylation is 1. The Morgan fingerprint density at radius 2 is 2.00 bits per heavy atom. The highest BCUT2D eigenvalue weighted by Gasteiger charge is 2.18. The van der Waals surface area contributed by atoms with Gasteiger partial charge in [0.25, 0.3) is 0 Å². The summed E-state index contributed by atoms with van der Waals surface area (Å²) in [5, 5.41) is 13.5. The summed E-state index contributed by atoms with van der Waals surface area (Å²) in [6, 6.07) is 10.4. The predicted octanol–water partition coefficient (Wildman–Crippen LogP) is 5.19. The first-order valence-corrected chi connectivity index (χ1v) is 7.85. The Hall–Kier alpha value is -1.23. The van der Waals surface area contributed by atoms with Crippen molar-refractivity contribution in [2.24, 2.45) is 0 Å². The summed E-state index contributed by atoms with van der Waals surface area (Å²) in [4.78, 5) is 0. The third-order valence-electron chi connectivity index (χ3n) is 3.41. The zero-order chi connectivity index (χ0) is 14.3. The van der Waals surface area contributed by atoms with Crippen LogP contribution in [0.25, 0.3) is 10.1 Å². The van der Waals surface area contributed by atoms with Crippen molar-refractivity contribution in [2.45, 2.75) is 13.0 Å². The number of fused-ring (bicyclic) bond motifs is 1. The SMILES string of the molecule is Cc1ccc(F)cc1C(O)c1csc2c(Br)cccc12. The van der Waals surface area contributed by atoms with Crippen molar-refractivity contribution in [1.82, 2.24) is 0 Å². The first-order valence-electron chi connectivity index (χ1n) is 6.17. The number of rotatable bonds is 2. The fourth-order valence-corrected chi connectivity index (χ4v) is 3.97. The van der Waals surface area contributed by atoms with Gasteiger partial charge in [0, 0.05) is 14.7 Å². The first kappa shape index (κ1) is 13.7. The third-order valence-corrected chi connectivity index (χ3v) is 5.38. The minimum absolute atomic E-state index is 0.328. The molecule has 102 valence electrons. The average Bonchev–Trinajstić information content (AvgIpc) is 2.86. The van der Waals surface area contributed by atoms with E-state index in [0.29, 0.717) is 5.56 Å². The van der Waals surface area contributed by atoms with Gasteiger partial charge < -0.3 is 5.11 Å². The lowest BCUT2D eigenvalue weighted by atomic mass is 9.97. The molecule has 1 N–H and O–H groups in total. The van der Waals surface area contributed by atoms with Crippen LogP contribution < -0.4 is 0 Å². The van der Waals surface area contributed by atoms with Crippen molar-refractivity contribution in [3.63, 3.8) is 0 Å². The Morgan fingerprint density at radius 3 is 2.80 bits per heavy atom. The van der Waals surface area contributed by atoms with Gasteiger partial charge in [-0.2, -0.15) is 0 Å². The fraction of sp³-hybridized carbons (Fsp3) is 0.125. The molecule has 0 aliphatic heterocycles. The zero-order valence-electron chi connectivity index (χ0n) is 10.7. The van der Waals surface area contributed by atoms with E-state index in [1.54, 1.807) is 17.4 Å². The molecule has 0 saturated heterocycles. The molecule has 1 nitrogen and oxygen atoms in total. The molecule has 3 aromatic rings. The molecule has 2 aromatic carbocycles. The highest BCUT2D eigenvalue weighted by molar-refractivity contribution is 9.10. The number of aliphatic hydroxyl groups is 1. The summed E-state index contributed by atoms with van der Waals surface area (Å²) < 4.78 is 15.5. The van der Waals surface area contributed by atoms with Crippen molar-refractivity contribution in [2.75, 3.05) is 0 Å². The largest absolute Gasteiger partial charge is 0.384 e. The number of aliphatic hydroxyl groups excluding tert-OH is 1. The second kappa shape index (κ2) is 5.28. The molecule has 4 heteroatoms. The van der Waals surface area contributed by atoms with E-state index in [1.165, 1.54) is 12.1 Å². The minimum atomic E-state index is -0.811. The summed E-state index contributed by atoms with van der Waals surface area (Å²) in [5.74, 6) is -0.328. The van der Waals surface area contributed by atoms with Gasteiger partial charge in [-0.3, -0.25) is 0 Å². The van der Waals surface area contributed by atoms with Gasteiger partial charge in [-0.05, 0) is 62.9 Å². The standard InChI is InChI=1S/C16H12BrFOS/c1-9-5-6-10(18)7-12(9)15(19)13-8-20-16-11(13)3-2-4-14(16)17/h2-8,15,19H,1H3. The Balaban J connectivity index is 2.15. The molecule has 0 fully saturated rings. The second-order valence-electron chi connectivity index (χ2n) is 4.71. The molecule has 0 bridgehead atoms. The highest BCUT2D eigenvalue weighted by atomic mass is 79.9. The van der Waals surface area contributed by atoms with Crippen LogP contribution in [0.2, 0.25) is 0 Å². The lowest BCUT2D eigenvalue weighted by Gasteiger charge is -2.13. The molecular formula is C16H12BrFOS. The number of thiophene rings is 1. The molecule has 3 rings (SSSR count). The lowest BCUT2D eigenvalue weighted by molar-refractivity contribution is 0.221. The molecule has 1 unspecified atom stereocenters. The van der Waals surface area contributed by atoms with Crippen LogP contribution in [0.5, 0.6) is 0 Å². The normalized spacial score (nSPS) is 12.8. The van der Waals surface area contributed by atoms with Gasteiger partial charge in [0.05, 0.1) is 0 Å². The van der Waals surface area contributed by atoms with E-state index in [2.05, 4.69) is 15.9 Å². The van der Waals surface area contributed by atoms with Gasteiger partial charge in [-0.1, -0.05) is 18.2 Å². The van der Waals surface area contributed by atoms with Crippen LogP contribution in [-0.2, 0) is 0 Å². The summed E-state index contributed by atoms with van der Waals surface area (Å²) in [7, 11) is 0. The minimum Gasteiger partial charge on any atom is -0.384 e. The zero-order valence-corrected chi connectivity index (χ0v) is 13.1. The maximum atomic E-state index is 13.4. The smallest absolute Gasteiger partial charge is 0.123 e. The monoisotopic (exact) mass is 350 g/mol. The number of hydrogen-bond acceptors (Lipinski definition) is 2. The molecule has 0 radical (unpaired) electrons. The van der Waals surface area contributed by atoms with E-state index in [4.69, 9.17) is 0 Å². The molecule has 0 amide bonds. The van der Waals surface area contributed by atoms with Gasteiger partial charge >= 0.3 is 0 Å². The summed E-state index contributed by atoms with van der Waals surface area (Å²) >= 11 is 5.08. The van der Waals surface area contributed by atoms with Gasteiger partial charge in [-0.15, -0.1) is 11.3 Å². The van der Waals surface area contributed by atoms with Crippen LogP contribution in [-0.4, -0.2) is 5.11 Å². The van der Waals surface area contributed by atoms with E-state index in [1.807, 2.05) is 30.5 Å². The number of benzene rings is 2. The van der Waals surface area contributed by atoms with Crippen LogP contribution in [0.15, 0.2) is 46.3 Å². The van der Waals surface area contributed by atoms with E-state index >= 15 is 0 Å². The van der Waals surface area contributed by atoms with Crippen molar-refractivity contribution in [3.8, 4) is 0 Å². The van der Waals surface area contributed by atoms with E-state index in [0.717, 1.165) is 25.7 Å². The van der Waals surface area contributed by atoms with Gasteiger partial charge in [-0.25, -0.2) is 4.39 Å². The Kier molecular flexibility index (Phi) is 3.63. The molecule has 20 heavy (non-hydrogen) atoms.